The first-order chi connectivity index (χ1) is 8.91. The average Bonchev–Trinajstić information content (AvgIpc) is 2.77. The SMILES string of the molecule is CCC1CCCC1Nc1ccc(Cl)cc1C(F)(F)F. The molecule has 2 unspecified atom stereocenters. The van der Waals surface area contributed by atoms with Gasteiger partial charge >= 0.3 is 6.18 Å². The van der Waals surface area contributed by atoms with E-state index in [1.165, 1.54) is 12.1 Å². The van der Waals surface area contributed by atoms with Crippen LogP contribution in [0.5, 0.6) is 0 Å². The molecule has 1 nitrogen and oxygen atoms in total. The zero-order chi connectivity index (χ0) is 14.0. The molecule has 1 aliphatic rings. The summed E-state index contributed by atoms with van der Waals surface area (Å²) in [5, 5.41) is 3.17. The Balaban J connectivity index is 2.25. The van der Waals surface area contributed by atoms with E-state index in [0.29, 0.717) is 5.92 Å². The summed E-state index contributed by atoms with van der Waals surface area (Å²) >= 11 is 5.67. The largest absolute Gasteiger partial charge is 0.418 e. The normalized spacial score (nSPS) is 23.6. The summed E-state index contributed by atoms with van der Waals surface area (Å²) in [5.41, 5.74) is -0.538. The van der Waals surface area contributed by atoms with Crippen molar-refractivity contribution in [2.75, 3.05) is 5.32 Å². The highest BCUT2D eigenvalue weighted by atomic mass is 35.5. The van der Waals surface area contributed by atoms with Crippen molar-refractivity contribution >= 4 is 17.3 Å². The Hall–Kier alpha value is -0.900. The molecular weight excluding hydrogens is 275 g/mol. The number of nitrogens with one attached hydrogen (secondary N) is 1. The Morgan fingerprint density at radius 1 is 1.32 bits per heavy atom. The maximum Gasteiger partial charge on any atom is 0.418 e. The van der Waals surface area contributed by atoms with E-state index in [4.69, 9.17) is 11.6 Å². The minimum atomic E-state index is -4.38. The van der Waals surface area contributed by atoms with Gasteiger partial charge in [-0.15, -0.1) is 0 Å². The van der Waals surface area contributed by atoms with Gasteiger partial charge in [0.2, 0.25) is 0 Å². The number of alkyl halides is 3. The Labute approximate surface area is 116 Å². The second kappa shape index (κ2) is 5.61. The van der Waals surface area contributed by atoms with Gasteiger partial charge in [-0.05, 0) is 37.0 Å². The van der Waals surface area contributed by atoms with Crippen LogP contribution in [0.3, 0.4) is 0 Å². The lowest BCUT2D eigenvalue weighted by Gasteiger charge is -2.23. The molecule has 0 bridgehead atoms. The number of hydrogen-bond donors (Lipinski definition) is 1. The molecule has 0 saturated heterocycles. The van der Waals surface area contributed by atoms with Crippen molar-refractivity contribution in [3.8, 4) is 0 Å². The second-order valence-corrected chi connectivity index (χ2v) is 5.47. The summed E-state index contributed by atoms with van der Waals surface area (Å²) < 4.78 is 38.9. The molecule has 1 fully saturated rings. The van der Waals surface area contributed by atoms with Gasteiger partial charge in [-0.25, -0.2) is 0 Å². The summed E-state index contributed by atoms with van der Waals surface area (Å²) in [6.45, 7) is 2.08. The third-order valence-corrected chi connectivity index (χ3v) is 4.05. The molecule has 1 saturated carbocycles. The summed E-state index contributed by atoms with van der Waals surface area (Å²) in [7, 11) is 0. The second-order valence-electron chi connectivity index (χ2n) is 5.04. The molecule has 0 radical (unpaired) electrons. The smallest absolute Gasteiger partial charge is 0.382 e. The van der Waals surface area contributed by atoms with Crippen LogP contribution in [0, 0.1) is 5.92 Å². The number of rotatable bonds is 3. The minimum Gasteiger partial charge on any atom is -0.382 e. The molecule has 1 aliphatic carbocycles. The molecule has 5 heteroatoms. The van der Waals surface area contributed by atoms with Gasteiger partial charge in [-0.2, -0.15) is 13.2 Å². The predicted octanol–water partition coefficient (Wildman–Crippen LogP) is 5.35. The minimum absolute atomic E-state index is 0.108. The maximum absolute atomic E-state index is 13.0. The molecule has 106 valence electrons. The molecule has 1 aromatic carbocycles. The van der Waals surface area contributed by atoms with Crippen molar-refractivity contribution in [2.24, 2.45) is 5.92 Å². The van der Waals surface area contributed by atoms with Crippen molar-refractivity contribution in [1.82, 2.24) is 0 Å². The lowest BCUT2D eigenvalue weighted by atomic mass is 10.00. The van der Waals surface area contributed by atoms with Crippen LogP contribution in [0.15, 0.2) is 18.2 Å². The molecule has 1 N–H and O–H groups in total. The van der Waals surface area contributed by atoms with Crippen LogP contribution in [-0.4, -0.2) is 6.04 Å². The van der Waals surface area contributed by atoms with Crippen LogP contribution in [-0.2, 0) is 6.18 Å². The maximum atomic E-state index is 13.0. The molecule has 0 amide bonds. The quantitative estimate of drug-likeness (QED) is 0.791. The first kappa shape index (κ1) is 14.5. The lowest BCUT2D eigenvalue weighted by Crippen LogP contribution is -2.25. The van der Waals surface area contributed by atoms with E-state index < -0.39 is 11.7 Å². The van der Waals surface area contributed by atoms with Gasteiger partial charge in [-0.1, -0.05) is 31.4 Å². The van der Waals surface area contributed by atoms with Crippen molar-refractivity contribution < 1.29 is 13.2 Å². The zero-order valence-corrected chi connectivity index (χ0v) is 11.5. The first-order valence-corrected chi connectivity index (χ1v) is 6.93. The molecule has 19 heavy (non-hydrogen) atoms. The van der Waals surface area contributed by atoms with Gasteiger partial charge in [0.15, 0.2) is 0 Å². The van der Waals surface area contributed by atoms with Crippen molar-refractivity contribution in [3.63, 3.8) is 0 Å². The van der Waals surface area contributed by atoms with E-state index >= 15 is 0 Å². The molecule has 0 aliphatic heterocycles. The van der Waals surface area contributed by atoms with E-state index in [9.17, 15) is 13.2 Å². The highest BCUT2D eigenvalue weighted by molar-refractivity contribution is 6.30. The van der Waals surface area contributed by atoms with Crippen LogP contribution in [0.2, 0.25) is 5.02 Å². The first-order valence-electron chi connectivity index (χ1n) is 6.55. The third kappa shape index (κ3) is 3.35. The number of hydrogen-bond acceptors (Lipinski definition) is 1. The van der Waals surface area contributed by atoms with E-state index in [1.54, 1.807) is 0 Å². The number of benzene rings is 1. The van der Waals surface area contributed by atoms with Gasteiger partial charge in [0, 0.05) is 16.8 Å². The fourth-order valence-corrected chi connectivity index (χ4v) is 2.96. The molecule has 0 spiro atoms. The predicted molar refractivity (Wildman–Crippen MR) is 71.5 cm³/mol. The Morgan fingerprint density at radius 3 is 2.68 bits per heavy atom. The summed E-state index contributed by atoms with van der Waals surface area (Å²) in [6.07, 6.45) is -0.299. The summed E-state index contributed by atoms with van der Waals surface area (Å²) in [6, 6.07) is 4.04. The van der Waals surface area contributed by atoms with E-state index in [-0.39, 0.29) is 16.8 Å². The summed E-state index contributed by atoms with van der Waals surface area (Å²) in [4.78, 5) is 0. The van der Waals surface area contributed by atoms with Crippen LogP contribution in [0.4, 0.5) is 18.9 Å². The topological polar surface area (TPSA) is 12.0 Å². The zero-order valence-electron chi connectivity index (χ0n) is 10.7. The number of halogens is 4. The standard InChI is InChI=1S/C14H17ClF3N/c1-2-9-4-3-5-12(9)19-13-7-6-10(15)8-11(13)14(16,17)18/h6-9,12,19H,2-5H2,1H3. The highest BCUT2D eigenvalue weighted by Crippen LogP contribution is 2.38. The summed E-state index contributed by atoms with van der Waals surface area (Å²) in [5.74, 6) is 0.455. The Morgan fingerprint density at radius 2 is 2.05 bits per heavy atom. The Bertz CT molecular complexity index is 445. The highest BCUT2D eigenvalue weighted by Gasteiger charge is 2.35. The lowest BCUT2D eigenvalue weighted by molar-refractivity contribution is -0.137. The van der Waals surface area contributed by atoms with Gasteiger partial charge < -0.3 is 5.32 Å². The van der Waals surface area contributed by atoms with Gasteiger partial charge in [-0.3, -0.25) is 0 Å². The van der Waals surface area contributed by atoms with E-state index in [2.05, 4.69) is 12.2 Å². The fraction of sp³-hybridized carbons (Fsp3) is 0.571. The van der Waals surface area contributed by atoms with Crippen LogP contribution < -0.4 is 5.32 Å². The van der Waals surface area contributed by atoms with E-state index in [0.717, 1.165) is 31.7 Å². The van der Waals surface area contributed by atoms with Gasteiger partial charge in [0.1, 0.15) is 0 Å². The van der Waals surface area contributed by atoms with Crippen LogP contribution in [0.1, 0.15) is 38.2 Å². The molecular formula is C14H17ClF3N. The molecule has 0 aromatic heterocycles. The van der Waals surface area contributed by atoms with E-state index in [1.807, 2.05) is 0 Å². The number of anilines is 1. The Kier molecular flexibility index (Phi) is 4.29. The van der Waals surface area contributed by atoms with Crippen LogP contribution >= 0.6 is 11.6 Å². The molecule has 2 rings (SSSR count). The van der Waals surface area contributed by atoms with Crippen LogP contribution in [0.25, 0.3) is 0 Å². The fourth-order valence-electron chi connectivity index (χ4n) is 2.79. The van der Waals surface area contributed by atoms with Crippen molar-refractivity contribution in [2.45, 2.75) is 44.8 Å². The van der Waals surface area contributed by atoms with Gasteiger partial charge in [0.05, 0.1) is 5.56 Å². The molecule has 0 heterocycles. The third-order valence-electron chi connectivity index (χ3n) is 3.81. The van der Waals surface area contributed by atoms with Gasteiger partial charge in [0.25, 0.3) is 0 Å². The average molecular weight is 292 g/mol. The van der Waals surface area contributed by atoms with Crippen molar-refractivity contribution in [3.05, 3.63) is 28.8 Å². The monoisotopic (exact) mass is 291 g/mol. The van der Waals surface area contributed by atoms with Crippen molar-refractivity contribution in [1.29, 1.82) is 0 Å². The molecule has 2 atom stereocenters. The molecule has 1 aromatic rings.